The maximum absolute atomic E-state index is 11.8. The van der Waals surface area contributed by atoms with Gasteiger partial charge in [-0.05, 0) is 36.1 Å². The largest absolute Gasteiger partial charge is 0.319 e. The van der Waals surface area contributed by atoms with E-state index in [0.717, 1.165) is 5.56 Å². The summed E-state index contributed by atoms with van der Waals surface area (Å²) in [7, 11) is 0. The summed E-state index contributed by atoms with van der Waals surface area (Å²) >= 11 is 1.29. The monoisotopic (exact) mass is 245 g/mol. The first-order valence-corrected chi connectivity index (χ1v) is 6.01. The van der Waals surface area contributed by atoms with Gasteiger partial charge in [-0.1, -0.05) is 18.2 Å². The van der Waals surface area contributed by atoms with Gasteiger partial charge in [-0.25, -0.2) is 0 Å². The lowest BCUT2D eigenvalue weighted by Gasteiger charge is -2.03. The fourth-order valence-corrected chi connectivity index (χ4v) is 2.28. The number of para-hydroxylation sites is 1. The molecule has 0 saturated carbocycles. The molecule has 2 rings (SSSR count). The van der Waals surface area contributed by atoms with Crippen molar-refractivity contribution in [2.75, 3.05) is 5.32 Å². The molecule has 1 heterocycles. The molecule has 0 bridgehead atoms. The zero-order valence-electron chi connectivity index (χ0n) is 9.27. The highest BCUT2D eigenvalue weighted by Crippen LogP contribution is 2.17. The minimum Gasteiger partial charge on any atom is -0.319 e. The molecule has 0 aliphatic rings. The maximum atomic E-state index is 11.8. The normalized spacial score (nSPS) is 9.94. The summed E-state index contributed by atoms with van der Waals surface area (Å²) in [6.45, 7) is 1.82. The maximum Gasteiger partial charge on any atom is 0.297 e. The lowest BCUT2D eigenvalue weighted by molar-refractivity contribution is -0.112. The number of nitrogens with one attached hydrogen (secondary N) is 1. The van der Waals surface area contributed by atoms with Crippen molar-refractivity contribution in [2.24, 2.45) is 0 Å². The molecule has 0 saturated heterocycles. The van der Waals surface area contributed by atoms with E-state index in [0.29, 0.717) is 10.6 Å². The van der Waals surface area contributed by atoms with Crippen LogP contribution in [-0.2, 0) is 4.79 Å². The number of ketones is 1. The van der Waals surface area contributed by atoms with E-state index in [1.807, 2.05) is 19.1 Å². The van der Waals surface area contributed by atoms with Gasteiger partial charge in [0.2, 0.25) is 0 Å². The van der Waals surface area contributed by atoms with Crippen molar-refractivity contribution in [2.45, 2.75) is 6.92 Å². The zero-order chi connectivity index (χ0) is 12.3. The molecule has 0 aliphatic carbocycles. The van der Waals surface area contributed by atoms with Gasteiger partial charge in [0.15, 0.2) is 0 Å². The Kier molecular flexibility index (Phi) is 3.35. The first kappa shape index (κ1) is 11.5. The van der Waals surface area contributed by atoms with Crippen LogP contribution < -0.4 is 5.32 Å². The minimum atomic E-state index is -0.596. The summed E-state index contributed by atoms with van der Waals surface area (Å²) in [4.78, 5) is 24.0. The fourth-order valence-electron chi connectivity index (χ4n) is 1.42. The number of aryl methyl sites for hydroxylation is 1. The number of thiophene rings is 1. The molecule has 0 aliphatic heterocycles. The van der Waals surface area contributed by atoms with Crippen molar-refractivity contribution in [3.63, 3.8) is 0 Å². The second-order valence-electron chi connectivity index (χ2n) is 3.58. The van der Waals surface area contributed by atoms with Crippen LogP contribution in [0.4, 0.5) is 5.69 Å². The third-order valence-corrected chi connectivity index (χ3v) is 3.32. The van der Waals surface area contributed by atoms with Gasteiger partial charge in [-0.3, -0.25) is 9.59 Å². The molecule has 1 amide bonds. The number of hydrogen-bond acceptors (Lipinski definition) is 3. The summed E-state index contributed by atoms with van der Waals surface area (Å²) < 4.78 is 0. The Morgan fingerprint density at radius 1 is 1.12 bits per heavy atom. The van der Waals surface area contributed by atoms with Crippen LogP contribution in [0.5, 0.6) is 0 Å². The molecule has 0 radical (unpaired) electrons. The van der Waals surface area contributed by atoms with Crippen LogP contribution in [0.2, 0.25) is 0 Å². The van der Waals surface area contributed by atoms with Crippen molar-refractivity contribution >= 4 is 28.7 Å². The van der Waals surface area contributed by atoms with E-state index in [1.54, 1.807) is 29.6 Å². The molecule has 1 N–H and O–H groups in total. The predicted molar refractivity (Wildman–Crippen MR) is 68.5 cm³/mol. The van der Waals surface area contributed by atoms with Crippen LogP contribution >= 0.6 is 11.3 Å². The van der Waals surface area contributed by atoms with Crippen molar-refractivity contribution in [1.29, 1.82) is 0 Å². The van der Waals surface area contributed by atoms with Gasteiger partial charge >= 0.3 is 0 Å². The smallest absolute Gasteiger partial charge is 0.297 e. The molecule has 1 aromatic heterocycles. The lowest BCUT2D eigenvalue weighted by atomic mass is 10.2. The Balaban J connectivity index is 2.12. The molecule has 3 nitrogen and oxygen atoms in total. The molecule has 2 aromatic rings. The average molecular weight is 245 g/mol. The number of amides is 1. The van der Waals surface area contributed by atoms with Crippen molar-refractivity contribution in [3.8, 4) is 0 Å². The molecule has 17 heavy (non-hydrogen) atoms. The van der Waals surface area contributed by atoms with Gasteiger partial charge < -0.3 is 5.32 Å². The van der Waals surface area contributed by atoms with E-state index >= 15 is 0 Å². The van der Waals surface area contributed by atoms with Gasteiger partial charge in [0.1, 0.15) is 0 Å². The molecule has 0 atom stereocenters. The molecule has 86 valence electrons. The molecular formula is C13H11NO2S. The topological polar surface area (TPSA) is 46.2 Å². The Morgan fingerprint density at radius 2 is 1.82 bits per heavy atom. The van der Waals surface area contributed by atoms with Gasteiger partial charge in [0.05, 0.1) is 4.88 Å². The molecule has 1 aromatic carbocycles. The highest BCUT2D eigenvalue weighted by molar-refractivity contribution is 7.13. The molecule has 0 fully saturated rings. The number of anilines is 1. The summed E-state index contributed by atoms with van der Waals surface area (Å²) in [5.41, 5.74) is 1.46. The molecule has 0 unspecified atom stereocenters. The van der Waals surface area contributed by atoms with Gasteiger partial charge in [0.25, 0.3) is 11.7 Å². The van der Waals surface area contributed by atoms with Gasteiger partial charge in [0, 0.05) is 5.69 Å². The third-order valence-electron chi connectivity index (χ3n) is 2.31. The number of hydrogen-bond donors (Lipinski definition) is 1. The van der Waals surface area contributed by atoms with Crippen LogP contribution in [0.3, 0.4) is 0 Å². The lowest BCUT2D eigenvalue weighted by Crippen LogP contribution is -2.22. The second-order valence-corrected chi connectivity index (χ2v) is 4.50. The fraction of sp³-hybridized carbons (Fsp3) is 0.0769. The van der Waals surface area contributed by atoms with Crippen molar-refractivity contribution in [3.05, 3.63) is 52.2 Å². The molecule has 4 heteroatoms. The average Bonchev–Trinajstić information content (AvgIpc) is 2.76. The summed E-state index contributed by atoms with van der Waals surface area (Å²) in [5, 5.41) is 4.38. The minimum absolute atomic E-state index is 0.485. The number of Topliss-reactive ketones (excluding diaryl/α,β-unsaturated/α-hetero) is 1. The first-order valence-electron chi connectivity index (χ1n) is 5.13. The van der Waals surface area contributed by atoms with E-state index in [1.165, 1.54) is 11.3 Å². The standard InChI is InChI=1S/C13H11NO2S/c1-9-7-8-17-12(9)11(15)13(16)14-10-5-3-2-4-6-10/h2-8H,1H3,(H,14,16). The van der Waals surface area contributed by atoms with E-state index in [4.69, 9.17) is 0 Å². The number of benzene rings is 1. The van der Waals surface area contributed by atoms with Crippen LogP contribution in [-0.4, -0.2) is 11.7 Å². The van der Waals surface area contributed by atoms with Crippen LogP contribution in [0, 0.1) is 6.92 Å². The highest BCUT2D eigenvalue weighted by atomic mass is 32.1. The van der Waals surface area contributed by atoms with Crippen LogP contribution in [0.25, 0.3) is 0 Å². The van der Waals surface area contributed by atoms with E-state index < -0.39 is 11.7 Å². The first-order chi connectivity index (χ1) is 8.18. The van der Waals surface area contributed by atoms with Crippen molar-refractivity contribution < 1.29 is 9.59 Å². The quantitative estimate of drug-likeness (QED) is 0.667. The van der Waals surface area contributed by atoms with Crippen LogP contribution in [0.15, 0.2) is 41.8 Å². The number of carbonyl (C=O) groups is 2. The zero-order valence-corrected chi connectivity index (χ0v) is 10.1. The van der Waals surface area contributed by atoms with Crippen LogP contribution in [0.1, 0.15) is 15.2 Å². The summed E-state index contributed by atoms with van der Waals surface area (Å²) in [6, 6.07) is 10.8. The Morgan fingerprint density at radius 3 is 2.41 bits per heavy atom. The Hall–Kier alpha value is -1.94. The summed E-state index contributed by atoms with van der Waals surface area (Å²) in [5.74, 6) is -1.08. The molecular weight excluding hydrogens is 234 g/mol. The molecule has 0 spiro atoms. The van der Waals surface area contributed by atoms with Crippen molar-refractivity contribution in [1.82, 2.24) is 0 Å². The van der Waals surface area contributed by atoms with E-state index in [2.05, 4.69) is 5.32 Å². The van der Waals surface area contributed by atoms with E-state index in [-0.39, 0.29) is 0 Å². The van der Waals surface area contributed by atoms with Gasteiger partial charge in [-0.2, -0.15) is 0 Å². The summed E-state index contributed by atoms with van der Waals surface area (Å²) in [6.07, 6.45) is 0. The highest BCUT2D eigenvalue weighted by Gasteiger charge is 2.19. The Labute approximate surface area is 103 Å². The SMILES string of the molecule is Cc1ccsc1C(=O)C(=O)Nc1ccccc1. The Bertz CT molecular complexity index is 546. The number of carbonyl (C=O) groups excluding carboxylic acids is 2. The van der Waals surface area contributed by atoms with Gasteiger partial charge in [-0.15, -0.1) is 11.3 Å². The predicted octanol–water partition coefficient (Wildman–Crippen LogP) is 2.88. The number of rotatable bonds is 3. The second kappa shape index (κ2) is 4.93. The van der Waals surface area contributed by atoms with E-state index in [9.17, 15) is 9.59 Å². The third kappa shape index (κ3) is 2.60.